The number of hydrogen-bond acceptors (Lipinski definition) is 12. The van der Waals surface area contributed by atoms with E-state index in [9.17, 15) is 0 Å². The predicted octanol–water partition coefficient (Wildman–Crippen LogP) is 15.3. The minimum Gasteiger partial charge on any atom is -0.398 e. The van der Waals surface area contributed by atoms with E-state index in [1.165, 1.54) is 105 Å². The van der Waals surface area contributed by atoms with Crippen molar-refractivity contribution < 1.29 is 0 Å². The third-order valence-electron chi connectivity index (χ3n) is 12.3. The SMILES string of the molecule is CCCCC(CC)CC1(CC(CC)CCCC)c2cc(-c3cc(N)c(-c4cccs4)c4nsnc34)sc2-c2sc(-c3cc(N)c(-c4cccs4)c4nsnc34)cc21. The largest absolute Gasteiger partial charge is 0.398 e. The quantitative estimate of drug-likeness (QED) is 0.0938. The van der Waals surface area contributed by atoms with Crippen LogP contribution in [0.5, 0.6) is 0 Å². The highest BCUT2D eigenvalue weighted by molar-refractivity contribution is 7.26. The van der Waals surface area contributed by atoms with Crippen molar-refractivity contribution in [3.8, 4) is 51.5 Å². The van der Waals surface area contributed by atoms with Crippen LogP contribution in [0.1, 0.15) is 103 Å². The molecule has 4 N–H and O–H groups in total. The van der Waals surface area contributed by atoms with Crippen LogP contribution in [0.3, 0.4) is 0 Å². The van der Waals surface area contributed by atoms with Crippen molar-refractivity contribution >= 4 is 102 Å². The Morgan fingerprint density at radius 1 is 0.579 bits per heavy atom. The average molecular weight is 865 g/mol. The monoisotopic (exact) mass is 864 g/mol. The number of thiophene rings is 4. The molecule has 0 fully saturated rings. The smallest absolute Gasteiger partial charge is 0.116 e. The van der Waals surface area contributed by atoms with Gasteiger partial charge in [0.05, 0.1) is 23.5 Å². The Hall–Kier alpha value is -3.52. The van der Waals surface area contributed by atoms with Crippen molar-refractivity contribution in [1.82, 2.24) is 17.5 Å². The Labute approximate surface area is 359 Å². The van der Waals surface area contributed by atoms with Crippen LogP contribution in [0.4, 0.5) is 11.4 Å². The van der Waals surface area contributed by atoms with E-state index < -0.39 is 0 Å². The highest BCUT2D eigenvalue weighted by atomic mass is 32.1. The van der Waals surface area contributed by atoms with Crippen molar-refractivity contribution in [3.05, 3.63) is 70.4 Å². The number of hydrogen-bond donors (Lipinski definition) is 2. The molecule has 2 unspecified atom stereocenters. The molecule has 0 bridgehead atoms. The van der Waals surface area contributed by atoms with Crippen LogP contribution in [-0.4, -0.2) is 17.5 Å². The molecule has 57 heavy (non-hydrogen) atoms. The van der Waals surface area contributed by atoms with Crippen LogP contribution in [0.15, 0.2) is 59.3 Å². The fraction of sp³-hybridized carbons (Fsp3) is 0.378. The van der Waals surface area contributed by atoms with Gasteiger partial charge < -0.3 is 11.5 Å². The first-order valence-corrected chi connectivity index (χ1v) is 25.2. The molecule has 1 aliphatic carbocycles. The number of rotatable bonds is 16. The molecule has 9 rings (SSSR count). The third kappa shape index (κ3) is 6.78. The summed E-state index contributed by atoms with van der Waals surface area (Å²) in [4.78, 5) is 7.52. The fourth-order valence-electron chi connectivity index (χ4n) is 9.30. The molecular formula is C45H48N6S6. The maximum absolute atomic E-state index is 6.95. The summed E-state index contributed by atoms with van der Waals surface area (Å²) < 4.78 is 19.5. The molecule has 6 nitrogen and oxygen atoms in total. The third-order valence-corrected chi connectivity index (χ3v) is 17.6. The highest BCUT2D eigenvalue weighted by Gasteiger charge is 2.48. The average Bonchev–Trinajstić information content (AvgIpc) is 4.07. The number of fused-ring (bicyclic) bond motifs is 5. The number of nitrogen functional groups attached to an aromatic ring is 2. The molecule has 6 heterocycles. The van der Waals surface area contributed by atoms with Crippen LogP contribution < -0.4 is 11.5 Å². The van der Waals surface area contributed by atoms with Gasteiger partial charge in [0.25, 0.3) is 0 Å². The summed E-state index contributed by atoms with van der Waals surface area (Å²) in [5, 5.41) is 4.20. The second-order valence-electron chi connectivity index (χ2n) is 15.7. The van der Waals surface area contributed by atoms with Crippen LogP contribution in [0, 0.1) is 11.8 Å². The highest BCUT2D eigenvalue weighted by Crippen LogP contribution is 2.63. The van der Waals surface area contributed by atoms with Gasteiger partial charge in [0, 0.05) is 68.3 Å². The molecule has 0 spiro atoms. The van der Waals surface area contributed by atoms with Gasteiger partial charge in [0.1, 0.15) is 22.1 Å². The molecular weight excluding hydrogens is 817 g/mol. The van der Waals surface area contributed by atoms with Crippen LogP contribution in [-0.2, 0) is 5.41 Å². The molecule has 0 aliphatic heterocycles. The van der Waals surface area contributed by atoms with Crippen LogP contribution in [0.25, 0.3) is 73.6 Å². The van der Waals surface area contributed by atoms with E-state index in [0.29, 0.717) is 11.8 Å². The lowest BCUT2D eigenvalue weighted by atomic mass is 9.65. The Kier molecular flexibility index (Phi) is 11.1. The van der Waals surface area contributed by atoms with E-state index >= 15 is 0 Å². The molecule has 6 aromatic heterocycles. The minimum absolute atomic E-state index is 0.110. The van der Waals surface area contributed by atoms with Gasteiger partial charge in [-0.1, -0.05) is 91.2 Å². The summed E-state index contributed by atoms with van der Waals surface area (Å²) in [5.74, 6) is 1.26. The van der Waals surface area contributed by atoms with Gasteiger partial charge in [0.2, 0.25) is 0 Å². The Morgan fingerprint density at radius 2 is 1.02 bits per heavy atom. The van der Waals surface area contributed by atoms with Gasteiger partial charge in [-0.25, -0.2) is 0 Å². The lowest BCUT2D eigenvalue weighted by molar-refractivity contribution is 0.266. The van der Waals surface area contributed by atoms with Crippen molar-refractivity contribution in [2.45, 2.75) is 97.3 Å². The molecule has 2 aromatic carbocycles. The van der Waals surface area contributed by atoms with Gasteiger partial charge in [-0.2, -0.15) is 17.5 Å². The predicted molar refractivity (Wildman–Crippen MR) is 253 cm³/mol. The van der Waals surface area contributed by atoms with Gasteiger partial charge in [0.15, 0.2) is 0 Å². The molecule has 0 radical (unpaired) electrons. The Bertz CT molecular complexity index is 2460. The maximum Gasteiger partial charge on any atom is 0.116 e. The van der Waals surface area contributed by atoms with Crippen LogP contribution in [0.2, 0.25) is 0 Å². The summed E-state index contributed by atoms with van der Waals surface area (Å²) in [7, 11) is 0. The molecule has 0 saturated heterocycles. The topological polar surface area (TPSA) is 104 Å². The first-order chi connectivity index (χ1) is 27.9. The van der Waals surface area contributed by atoms with Gasteiger partial charge in [-0.3, -0.25) is 0 Å². The summed E-state index contributed by atoms with van der Waals surface area (Å²) in [5.41, 5.74) is 26.2. The molecule has 0 saturated carbocycles. The standard InChI is InChI=1S/C45H48N6S6/c1-5-9-13-25(7-3)23-45(24-26(8-4)14-10-6-2)29-21-35(27-19-31(46)37(33-15-11-17-52-33)41-39(27)48-56-50-41)54-43(29)44-30(45)22-36(55-44)28-20-32(47)38(34-16-12-18-53-34)42-40(28)49-57-51-42/h11-12,15-22,25-26H,5-10,13-14,23-24,46-47H2,1-4H3. The summed E-state index contributed by atoms with van der Waals surface area (Å²) in [6.07, 6.45) is 12.2. The zero-order valence-corrected chi connectivity index (χ0v) is 37.8. The molecule has 1 aliphatic rings. The number of unbranched alkanes of at least 4 members (excludes halogenated alkanes) is 2. The zero-order chi connectivity index (χ0) is 39.3. The van der Waals surface area contributed by atoms with E-state index in [4.69, 9.17) is 29.0 Å². The maximum atomic E-state index is 6.95. The minimum atomic E-state index is -0.110. The molecule has 12 heteroatoms. The first-order valence-electron chi connectivity index (χ1n) is 20.4. The second-order valence-corrected chi connectivity index (χ2v) is 20.7. The van der Waals surface area contributed by atoms with Crippen molar-refractivity contribution in [1.29, 1.82) is 0 Å². The Balaban J connectivity index is 1.26. The van der Waals surface area contributed by atoms with E-state index in [-0.39, 0.29) is 5.41 Å². The number of benzene rings is 2. The molecule has 2 atom stereocenters. The number of aromatic nitrogens is 4. The van der Waals surface area contributed by atoms with Crippen molar-refractivity contribution in [2.24, 2.45) is 11.8 Å². The second kappa shape index (κ2) is 16.3. The summed E-state index contributed by atoms with van der Waals surface area (Å²) in [6.45, 7) is 9.47. The van der Waals surface area contributed by atoms with Crippen molar-refractivity contribution in [2.75, 3.05) is 11.5 Å². The van der Waals surface area contributed by atoms with Crippen LogP contribution >= 0.6 is 68.8 Å². The van der Waals surface area contributed by atoms with E-state index in [1.807, 2.05) is 22.7 Å². The van der Waals surface area contributed by atoms with Crippen molar-refractivity contribution in [3.63, 3.8) is 0 Å². The fourth-order valence-corrected chi connectivity index (χ4v) is 14.7. The summed E-state index contributed by atoms with van der Waals surface area (Å²) in [6, 6.07) is 17.8. The number of nitrogens with zero attached hydrogens (tertiary/aromatic N) is 4. The number of nitrogens with two attached hydrogens (primary N) is 2. The lowest BCUT2D eigenvalue weighted by Crippen LogP contribution is -2.31. The number of anilines is 2. The van der Waals surface area contributed by atoms with E-state index in [1.54, 1.807) is 22.7 Å². The summed E-state index contributed by atoms with van der Waals surface area (Å²) >= 11 is 9.79. The first kappa shape index (κ1) is 39.0. The zero-order valence-electron chi connectivity index (χ0n) is 32.9. The molecule has 8 aromatic rings. The molecule has 294 valence electrons. The van der Waals surface area contributed by atoms with E-state index in [2.05, 4.69) is 87.0 Å². The van der Waals surface area contributed by atoms with Gasteiger partial charge in [-0.05, 0) is 83.0 Å². The lowest BCUT2D eigenvalue weighted by Gasteiger charge is -2.37. The molecule has 0 amide bonds. The Morgan fingerprint density at radius 3 is 1.40 bits per heavy atom. The van der Waals surface area contributed by atoms with Gasteiger partial charge >= 0.3 is 0 Å². The van der Waals surface area contributed by atoms with Gasteiger partial charge in [-0.15, -0.1) is 45.3 Å². The van der Waals surface area contributed by atoms with E-state index in [0.717, 1.165) is 78.3 Å². The normalized spacial score (nSPS) is 14.5.